The van der Waals surface area contributed by atoms with Gasteiger partial charge in [0.15, 0.2) is 0 Å². The summed E-state index contributed by atoms with van der Waals surface area (Å²) in [5.74, 6) is -0.921. The summed E-state index contributed by atoms with van der Waals surface area (Å²) in [6.45, 7) is 3.79. The number of halogens is 2. The highest BCUT2D eigenvalue weighted by atomic mass is 19.1. The van der Waals surface area contributed by atoms with Crippen LogP contribution in [0.1, 0.15) is 30.9 Å². The summed E-state index contributed by atoms with van der Waals surface area (Å²) in [5.41, 5.74) is 1.68. The van der Waals surface area contributed by atoms with Crippen LogP contribution in [0.15, 0.2) is 42.5 Å². The first-order chi connectivity index (χ1) is 10.5. The number of aryl methyl sites for hydroxylation is 1. The number of anilines is 1. The Morgan fingerprint density at radius 2 is 1.91 bits per heavy atom. The van der Waals surface area contributed by atoms with Gasteiger partial charge >= 0.3 is 0 Å². The lowest BCUT2D eigenvalue weighted by atomic mass is 10.1. The van der Waals surface area contributed by atoms with Gasteiger partial charge in [-0.2, -0.15) is 0 Å². The molecule has 2 nitrogen and oxygen atoms in total. The molecule has 0 heterocycles. The molecule has 0 saturated carbocycles. The Hall–Kier alpha value is -2.23. The number of amides is 1. The lowest BCUT2D eigenvalue weighted by Crippen LogP contribution is -2.30. The summed E-state index contributed by atoms with van der Waals surface area (Å²) < 4.78 is 27.5. The van der Waals surface area contributed by atoms with Gasteiger partial charge in [-0.15, -0.1) is 0 Å². The van der Waals surface area contributed by atoms with E-state index < -0.39 is 5.82 Å². The van der Waals surface area contributed by atoms with E-state index in [1.165, 1.54) is 23.1 Å². The standard InChI is InChI=1S/C18H19F2NO/c1-3-5-18(22)21(16-7-4-6-15(19)11-16)12-14-9-8-13(2)10-17(14)20/h4,6-11H,3,5,12H2,1-2H3. The van der Waals surface area contributed by atoms with Gasteiger partial charge < -0.3 is 4.90 Å². The van der Waals surface area contributed by atoms with E-state index >= 15 is 0 Å². The number of carbonyl (C=O) groups is 1. The fourth-order valence-corrected chi connectivity index (χ4v) is 2.27. The molecular formula is C18H19F2NO. The molecule has 0 atom stereocenters. The fraction of sp³-hybridized carbons (Fsp3) is 0.278. The molecule has 0 spiro atoms. The third kappa shape index (κ3) is 3.91. The number of benzene rings is 2. The molecule has 0 aromatic heterocycles. The summed E-state index contributed by atoms with van der Waals surface area (Å²) in [5, 5.41) is 0. The van der Waals surface area contributed by atoms with E-state index in [0.29, 0.717) is 24.1 Å². The van der Waals surface area contributed by atoms with Crippen LogP contribution in [0.4, 0.5) is 14.5 Å². The summed E-state index contributed by atoms with van der Waals surface area (Å²) in [4.78, 5) is 13.7. The van der Waals surface area contributed by atoms with Gasteiger partial charge in [-0.1, -0.05) is 25.1 Å². The van der Waals surface area contributed by atoms with Crippen molar-refractivity contribution in [1.82, 2.24) is 0 Å². The van der Waals surface area contributed by atoms with Crippen molar-refractivity contribution in [2.45, 2.75) is 33.2 Å². The van der Waals surface area contributed by atoms with Crippen LogP contribution in [0.3, 0.4) is 0 Å². The SMILES string of the molecule is CCCC(=O)N(Cc1ccc(C)cc1F)c1cccc(F)c1. The van der Waals surface area contributed by atoms with Crippen molar-refractivity contribution in [1.29, 1.82) is 0 Å². The third-order valence-electron chi connectivity index (χ3n) is 3.42. The maximum atomic E-state index is 14.0. The molecule has 0 aliphatic carbocycles. The molecule has 2 rings (SSSR count). The molecule has 4 heteroatoms. The van der Waals surface area contributed by atoms with E-state index in [9.17, 15) is 13.6 Å². The Bertz CT molecular complexity index is 670. The zero-order valence-corrected chi connectivity index (χ0v) is 12.8. The minimum atomic E-state index is -0.420. The normalized spacial score (nSPS) is 10.5. The first kappa shape index (κ1) is 16.1. The number of hydrogen-bond acceptors (Lipinski definition) is 1. The molecule has 2 aromatic carbocycles. The van der Waals surface area contributed by atoms with Gasteiger partial charge in [0.25, 0.3) is 0 Å². The van der Waals surface area contributed by atoms with E-state index in [2.05, 4.69) is 0 Å². The molecule has 22 heavy (non-hydrogen) atoms. The van der Waals surface area contributed by atoms with Crippen molar-refractivity contribution >= 4 is 11.6 Å². The first-order valence-corrected chi connectivity index (χ1v) is 7.32. The molecule has 0 fully saturated rings. The summed E-state index contributed by atoms with van der Waals surface area (Å²) in [6, 6.07) is 10.7. The van der Waals surface area contributed by atoms with Crippen LogP contribution >= 0.6 is 0 Å². The highest BCUT2D eigenvalue weighted by molar-refractivity contribution is 5.93. The molecular weight excluding hydrogens is 284 g/mol. The highest BCUT2D eigenvalue weighted by Crippen LogP contribution is 2.21. The fourth-order valence-electron chi connectivity index (χ4n) is 2.27. The van der Waals surface area contributed by atoms with Crippen LogP contribution in [0.25, 0.3) is 0 Å². The van der Waals surface area contributed by atoms with E-state index in [0.717, 1.165) is 5.56 Å². The first-order valence-electron chi connectivity index (χ1n) is 7.32. The molecule has 0 N–H and O–H groups in total. The average molecular weight is 303 g/mol. The van der Waals surface area contributed by atoms with Gasteiger partial charge in [0.1, 0.15) is 11.6 Å². The minimum absolute atomic E-state index is 0.0917. The van der Waals surface area contributed by atoms with Gasteiger partial charge in [-0.3, -0.25) is 4.79 Å². The number of carbonyl (C=O) groups excluding carboxylic acids is 1. The maximum absolute atomic E-state index is 14.0. The summed E-state index contributed by atoms with van der Waals surface area (Å²) in [7, 11) is 0. The zero-order valence-electron chi connectivity index (χ0n) is 12.8. The van der Waals surface area contributed by atoms with E-state index in [1.807, 2.05) is 6.92 Å². The van der Waals surface area contributed by atoms with Crippen molar-refractivity contribution in [3.63, 3.8) is 0 Å². The number of hydrogen-bond donors (Lipinski definition) is 0. The van der Waals surface area contributed by atoms with Crippen molar-refractivity contribution < 1.29 is 13.6 Å². The Labute approximate surface area is 129 Å². The molecule has 0 aliphatic rings. The minimum Gasteiger partial charge on any atom is -0.308 e. The smallest absolute Gasteiger partial charge is 0.227 e. The van der Waals surface area contributed by atoms with Crippen LogP contribution in [-0.2, 0) is 11.3 Å². The Kier molecular flexibility index (Phi) is 5.26. The average Bonchev–Trinajstić information content (AvgIpc) is 2.46. The van der Waals surface area contributed by atoms with E-state index in [1.54, 1.807) is 31.2 Å². The summed E-state index contributed by atoms with van der Waals surface area (Å²) >= 11 is 0. The molecule has 1 amide bonds. The third-order valence-corrected chi connectivity index (χ3v) is 3.42. The van der Waals surface area contributed by atoms with Crippen molar-refractivity contribution in [2.24, 2.45) is 0 Å². The van der Waals surface area contributed by atoms with Crippen LogP contribution in [-0.4, -0.2) is 5.91 Å². The van der Waals surface area contributed by atoms with Gasteiger partial charge in [0.2, 0.25) is 5.91 Å². The predicted octanol–water partition coefficient (Wildman–Crippen LogP) is 4.61. The molecule has 0 unspecified atom stereocenters. The van der Waals surface area contributed by atoms with Crippen LogP contribution in [0, 0.1) is 18.6 Å². The topological polar surface area (TPSA) is 20.3 Å². The van der Waals surface area contributed by atoms with E-state index in [4.69, 9.17) is 0 Å². The van der Waals surface area contributed by atoms with Crippen molar-refractivity contribution in [2.75, 3.05) is 4.90 Å². The zero-order chi connectivity index (χ0) is 16.1. The quantitative estimate of drug-likeness (QED) is 0.790. The lowest BCUT2D eigenvalue weighted by Gasteiger charge is -2.23. The summed E-state index contributed by atoms with van der Waals surface area (Å²) in [6.07, 6.45) is 1.02. The second kappa shape index (κ2) is 7.16. The van der Waals surface area contributed by atoms with Gasteiger partial charge in [0, 0.05) is 17.7 Å². The van der Waals surface area contributed by atoms with Gasteiger partial charge in [-0.25, -0.2) is 8.78 Å². The van der Waals surface area contributed by atoms with Gasteiger partial charge in [-0.05, 0) is 43.2 Å². The van der Waals surface area contributed by atoms with Crippen LogP contribution in [0.2, 0.25) is 0 Å². The molecule has 0 radical (unpaired) electrons. The van der Waals surface area contributed by atoms with Crippen LogP contribution in [0.5, 0.6) is 0 Å². The number of rotatable bonds is 5. The number of nitrogens with zero attached hydrogens (tertiary/aromatic N) is 1. The molecule has 0 aliphatic heterocycles. The Morgan fingerprint density at radius 3 is 2.55 bits per heavy atom. The monoisotopic (exact) mass is 303 g/mol. The molecule has 0 bridgehead atoms. The Morgan fingerprint density at radius 1 is 1.14 bits per heavy atom. The molecule has 0 saturated heterocycles. The second-order valence-electron chi connectivity index (χ2n) is 5.30. The highest BCUT2D eigenvalue weighted by Gasteiger charge is 2.17. The van der Waals surface area contributed by atoms with Crippen molar-refractivity contribution in [3.05, 3.63) is 65.2 Å². The Balaban J connectivity index is 2.34. The van der Waals surface area contributed by atoms with Crippen molar-refractivity contribution in [3.8, 4) is 0 Å². The molecule has 116 valence electrons. The molecule has 2 aromatic rings. The van der Waals surface area contributed by atoms with E-state index in [-0.39, 0.29) is 18.3 Å². The maximum Gasteiger partial charge on any atom is 0.227 e. The van der Waals surface area contributed by atoms with Gasteiger partial charge in [0.05, 0.1) is 6.54 Å². The van der Waals surface area contributed by atoms with Crippen LogP contribution < -0.4 is 4.90 Å². The predicted molar refractivity (Wildman–Crippen MR) is 83.6 cm³/mol. The largest absolute Gasteiger partial charge is 0.308 e. The lowest BCUT2D eigenvalue weighted by molar-refractivity contribution is -0.118. The second-order valence-corrected chi connectivity index (χ2v) is 5.30.